The van der Waals surface area contributed by atoms with Crippen molar-refractivity contribution >= 4 is 51.7 Å². The van der Waals surface area contributed by atoms with E-state index in [1.54, 1.807) is 36.4 Å². The third kappa shape index (κ3) is 5.37. The van der Waals surface area contributed by atoms with Gasteiger partial charge in [0.2, 0.25) is 0 Å². The van der Waals surface area contributed by atoms with Crippen molar-refractivity contribution < 1.29 is 4.79 Å². The Hall–Kier alpha value is -2.36. The topological polar surface area (TPSA) is 91.8 Å². The maximum atomic E-state index is 12.1. The number of thiazole rings is 1. The predicted octanol–water partition coefficient (Wildman–Crippen LogP) is 4.21. The molecule has 0 saturated heterocycles. The van der Waals surface area contributed by atoms with E-state index in [-0.39, 0.29) is 6.03 Å². The summed E-state index contributed by atoms with van der Waals surface area (Å²) in [6.45, 7) is 1.17. The van der Waals surface area contributed by atoms with Crippen LogP contribution in [0.25, 0.3) is 0 Å². The minimum Gasteiger partial charge on any atom is -0.369 e. The van der Waals surface area contributed by atoms with Gasteiger partial charge in [-0.15, -0.1) is 23.1 Å². The number of rotatable bonds is 7. The summed E-state index contributed by atoms with van der Waals surface area (Å²) in [6, 6.07) is 7.07. The van der Waals surface area contributed by atoms with Crippen LogP contribution in [-0.2, 0) is 19.4 Å². The summed E-state index contributed by atoms with van der Waals surface area (Å²) in [7, 11) is 0. The maximum Gasteiger partial charge on any atom is 0.321 e. The monoisotopic (exact) mass is 446 g/mol. The molecule has 1 aliphatic rings. The van der Waals surface area contributed by atoms with Crippen molar-refractivity contribution in [1.29, 1.82) is 0 Å². The number of benzene rings is 1. The highest BCUT2D eigenvalue weighted by Gasteiger charge is 2.17. The molecule has 3 heterocycles. The molecule has 1 aliphatic heterocycles. The zero-order chi connectivity index (χ0) is 20.1. The van der Waals surface area contributed by atoms with Gasteiger partial charge in [-0.3, -0.25) is 5.32 Å². The van der Waals surface area contributed by atoms with Crippen molar-refractivity contribution in [2.45, 2.75) is 24.3 Å². The lowest BCUT2D eigenvalue weighted by atomic mass is 10.2. The third-order valence-electron chi connectivity index (χ3n) is 4.27. The molecule has 0 unspecified atom stereocenters. The van der Waals surface area contributed by atoms with Crippen LogP contribution in [0.3, 0.4) is 0 Å². The highest BCUT2D eigenvalue weighted by atomic mass is 35.5. The number of fused-ring (bicyclic) bond motifs is 1. The van der Waals surface area contributed by atoms with Crippen LogP contribution in [0.2, 0.25) is 5.02 Å². The molecule has 3 aromatic rings. The second-order valence-electron chi connectivity index (χ2n) is 6.34. The van der Waals surface area contributed by atoms with Crippen LogP contribution in [0.1, 0.15) is 16.1 Å². The number of halogens is 1. The first-order chi connectivity index (χ1) is 14.2. The number of carbonyl (C=O) groups is 1. The second kappa shape index (κ2) is 9.43. The van der Waals surface area contributed by atoms with Crippen LogP contribution in [0, 0.1) is 0 Å². The van der Waals surface area contributed by atoms with Crippen LogP contribution in [-0.4, -0.2) is 33.3 Å². The summed E-state index contributed by atoms with van der Waals surface area (Å²) in [5.41, 5.74) is 2.10. The fraction of sp³-hybridized carbons (Fsp3) is 0.263. The first kappa shape index (κ1) is 19.9. The van der Waals surface area contributed by atoms with E-state index in [1.807, 2.05) is 12.1 Å². The van der Waals surface area contributed by atoms with Crippen LogP contribution in [0.15, 0.2) is 41.7 Å². The Morgan fingerprint density at radius 1 is 1.17 bits per heavy atom. The molecule has 150 valence electrons. The summed E-state index contributed by atoms with van der Waals surface area (Å²) < 4.78 is 0. The first-order valence-electron chi connectivity index (χ1n) is 9.12. The maximum absolute atomic E-state index is 12.1. The van der Waals surface area contributed by atoms with Gasteiger partial charge in [0.05, 0.1) is 10.6 Å². The lowest BCUT2D eigenvalue weighted by Crippen LogP contribution is -2.28. The fourth-order valence-corrected chi connectivity index (χ4v) is 4.84. The van der Waals surface area contributed by atoms with Gasteiger partial charge in [-0.2, -0.15) is 0 Å². The van der Waals surface area contributed by atoms with Crippen LogP contribution < -0.4 is 16.0 Å². The molecule has 10 heteroatoms. The van der Waals surface area contributed by atoms with E-state index in [2.05, 4.69) is 30.9 Å². The van der Waals surface area contributed by atoms with Gasteiger partial charge in [0.15, 0.2) is 5.13 Å². The van der Waals surface area contributed by atoms with Gasteiger partial charge in [-0.25, -0.2) is 19.7 Å². The number of hydrogen-bond acceptors (Lipinski definition) is 7. The van der Waals surface area contributed by atoms with E-state index in [0.29, 0.717) is 16.7 Å². The number of nitrogens with one attached hydrogen (secondary N) is 3. The number of anilines is 2. The highest BCUT2D eigenvalue weighted by molar-refractivity contribution is 7.99. The molecule has 0 bridgehead atoms. The highest BCUT2D eigenvalue weighted by Crippen LogP contribution is 2.34. The number of amides is 2. The number of urea groups is 1. The quantitative estimate of drug-likeness (QED) is 0.503. The molecule has 0 fully saturated rings. The molecule has 2 amide bonds. The Kier molecular flexibility index (Phi) is 6.48. The summed E-state index contributed by atoms with van der Waals surface area (Å²) in [5.74, 6) is 1.97. The molecular weight excluding hydrogens is 428 g/mol. The molecule has 2 aromatic heterocycles. The fourth-order valence-electron chi connectivity index (χ4n) is 2.83. The minimum atomic E-state index is -0.285. The molecule has 7 nitrogen and oxygen atoms in total. The standard InChI is InChI=1S/C19H19ClN6OS2/c20-13-3-1-12(2-4-13)9-22-18(27)26-19-23-10-14(29-19)5-7-21-17-16-15(6-8-28-16)24-11-25-17/h1-4,10-11H,5-9H2,(H,21,24,25)(H2,22,23,26,27). The molecule has 1 aromatic carbocycles. The first-order valence-corrected chi connectivity index (χ1v) is 11.3. The number of hydrogen-bond donors (Lipinski definition) is 3. The van der Waals surface area contributed by atoms with E-state index in [9.17, 15) is 4.79 Å². The number of carbonyl (C=O) groups excluding carboxylic acids is 1. The van der Waals surface area contributed by atoms with Crippen LogP contribution in [0.5, 0.6) is 0 Å². The smallest absolute Gasteiger partial charge is 0.321 e. The van der Waals surface area contributed by atoms with E-state index in [0.717, 1.165) is 52.0 Å². The molecule has 0 aliphatic carbocycles. The van der Waals surface area contributed by atoms with Gasteiger partial charge < -0.3 is 10.6 Å². The summed E-state index contributed by atoms with van der Waals surface area (Å²) >= 11 is 9.13. The van der Waals surface area contributed by atoms with Gasteiger partial charge >= 0.3 is 6.03 Å². The molecule has 4 rings (SSSR count). The van der Waals surface area contributed by atoms with Crippen LogP contribution >= 0.6 is 34.7 Å². The van der Waals surface area contributed by atoms with Crippen molar-refractivity contribution in [3.8, 4) is 0 Å². The van der Waals surface area contributed by atoms with Gasteiger partial charge in [-0.05, 0) is 17.7 Å². The van der Waals surface area contributed by atoms with Crippen molar-refractivity contribution in [3.05, 3.63) is 57.9 Å². The van der Waals surface area contributed by atoms with Crippen LogP contribution in [0.4, 0.5) is 15.7 Å². The number of nitrogens with zero attached hydrogens (tertiary/aromatic N) is 3. The molecule has 0 saturated carbocycles. The minimum absolute atomic E-state index is 0.285. The van der Waals surface area contributed by atoms with Crippen molar-refractivity contribution in [3.63, 3.8) is 0 Å². The Labute approximate surface area is 181 Å². The van der Waals surface area contributed by atoms with E-state index >= 15 is 0 Å². The van der Waals surface area contributed by atoms with E-state index in [4.69, 9.17) is 11.6 Å². The largest absolute Gasteiger partial charge is 0.369 e. The zero-order valence-electron chi connectivity index (χ0n) is 15.4. The number of aryl methyl sites for hydroxylation is 1. The average Bonchev–Trinajstić information content (AvgIpc) is 3.37. The molecule has 0 spiro atoms. The predicted molar refractivity (Wildman–Crippen MR) is 118 cm³/mol. The van der Waals surface area contributed by atoms with E-state index in [1.165, 1.54) is 11.3 Å². The van der Waals surface area contributed by atoms with Gasteiger partial charge in [0, 0.05) is 47.8 Å². The van der Waals surface area contributed by atoms with Crippen molar-refractivity contribution in [1.82, 2.24) is 20.3 Å². The molecule has 29 heavy (non-hydrogen) atoms. The summed E-state index contributed by atoms with van der Waals surface area (Å²) in [6.07, 6.45) is 5.21. The second-order valence-corrected chi connectivity index (χ2v) is 9.00. The Morgan fingerprint density at radius 2 is 2.03 bits per heavy atom. The number of thioether (sulfide) groups is 1. The van der Waals surface area contributed by atoms with Gasteiger partial charge in [-0.1, -0.05) is 23.7 Å². The van der Waals surface area contributed by atoms with Crippen molar-refractivity contribution in [2.24, 2.45) is 0 Å². The summed E-state index contributed by atoms with van der Waals surface area (Å²) in [5, 5.41) is 10.2. The SMILES string of the molecule is O=C(NCc1ccc(Cl)cc1)Nc1ncc(CCNc2ncnc3c2SCC3)s1. The molecule has 3 N–H and O–H groups in total. The average molecular weight is 447 g/mol. The third-order valence-corrected chi connectivity index (χ3v) is 6.62. The number of aromatic nitrogens is 3. The van der Waals surface area contributed by atoms with Gasteiger partial charge in [0.25, 0.3) is 0 Å². The molecule has 0 atom stereocenters. The van der Waals surface area contributed by atoms with Gasteiger partial charge in [0.1, 0.15) is 12.1 Å². The van der Waals surface area contributed by atoms with Crippen molar-refractivity contribution in [2.75, 3.05) is 22.9 Å². The Bertz CT molecular complexity index is 995. The molecule has 0 radical (unpaired) electrons. The zero-order valence-corrected chi connectivity index (χ0v) is 17.8. The Morgan fingerprint density at radius 3 is 2.90 bits per heavy atom. The Balaban J connectivity index is 1.23. The summed E-state index contributed by atoms with van der Waals surface area (Å²) in [4.78, 5) is 27.3. The van der Waals surface area contributed by atoms with E-state index < -0.39 is 0 Å². The molecular formula is C19H19ClN6OS2. The lowest BCUT2D eigenvalue weighted by Gasteiger charge is -2.08. The normalized spacial score (nSPS) is 12.4. The lowest BCUT2D eigenvalue weighted by molar-refractivity contribution is 0.251.